The second-order valence-corrected chi connectivity index (χ2v) is 6.16. The van der Waals surface area contributed by atoms with Crippen LogP contribution in [0.2, 0.25) is 0 Å². The fraction of sp³-hybridized carbons (Fsp3) is 0.500. The molecule has 3 nitrogen and oxygen atoms in total. The monoisotopic (exact) mass is 343 g/mol. The molecule has 1 aromatic rings. The minimum Gasteiger partial charge on any atom is -0.394 e. The summed E-state index contributed by atoms with van der Waals surface area (Å²) in [6.45, 7) is 0.884. The maximum atomic E-state index is 9.08. The number of hydrogen-bond donors (Lipinski definition) is 3. The Bertz CT molecular complexity index is 293. The third kappa shape index (κ3) is 3.96. The first-order valence-corrected chi connectivity index (χ1v) is 6.47. The van der Waals surface area contributed by atoms with Crippen LogP contribution in [-0.4, -0.2) is 29.5 Å². The first-order chi connectivity index (χ1) is 6.63. The number of aliphatic hydroxyl groups is 2. The summed E-state index contributed by atoms with van der Waals surface area (Å²) in [5, 5.41) is 20.7. The molecule has 0 aliphatic rings. The fourth-order valence-corrected chi connectivity index (χ4v) is 3.54. The van der Waals surface area contributed by atoms with Crippen molar-refractivity contribution in [2.24, 2.45) is 0 Å². The highest BCUT2D eigenvalue weighted by Crippen LogP contribution is 2.30. The highest BCUT2D eigenvalue weighted by atomic mass is 79.9. The highest BCUT2D eigenvalue weighted by molar-refractivity contribution is 9.11. The summed E-state index contributed by atoms with van der Waals surface area (Å²) < 4.78 is 2.13. The molecule has 0 fully saturated rings. The van der Waals surface area contributed by atoms with E-state index >= 15 is 0 Å². The van der Waals surface area contributed by atoms with Crippen LogP contribution in [0, 0.1) is 0 Å². The van der Waals surface area contributed by atoms with Crippen molar-refractivity contribution < 1.29 is 10.2 Å². The maximum absolute atomic E-state index is 9.08. The second-order valence-electron chi connectivity index (χ2n) is 2.79. The molecule has 0 spiro atoms. The summed E-state index contributed by atoms with van der Waals surface area (Å²) in [4.78, 5) is 1.17. The third-order valence-electron chi connectivity index (χ3n) is 1.60. The Morgan fingerprint density at radius 3 is 2.71 bits per heavy atom. The van der Waals surface area contributed by atoms with Gasteiger partial charge in [-0.15, -0.1) is 11.3 Å². The molecule has 1 unspecified atom stereocenters. The van der Waals surface area contributed by atoms with Gasteiger partial charge in [0.15, 0.2) is 0 Å². The number of halogens is 2. The highest BCUT2D eigenvalue weighted by Gasteiger charge is 2.06. The van der Waals surface area contributed by atoms with Crippen LogP contribution in [0.1, 0.15) is 4.88 Å². The topological polar surface area (TPSA) is 52.5 Å². The Hall–Kier alpha value is 0.540. The molecular formula is C8H11Br2NO2S. The average molecular weight is 345 g/mol. The molecule has 0 aliphatic heterocycles. The summed E-state index contributed by atoms with van der Waals surface area (Å²) in [7, 11) is 0. The van der Waals surface area contributed by atoms with Gasteiger partial charge in [-0.2, -0.15) is 0 Å². The molecule has 0 aromatic carbocycles. The third-order valence-corrected chi connectivity index (χ3v) is 4.21. The van der Waals surface area contributed by atoms with E-state index in [1.54, 1.807) is 11.3 Å². The molecule has 1 heterocycles. The molecule has 0 radical (unpaired) electrons. The van der Waals surface area contributed by atoms with Crippen molar-refractivity contribution in [2.45, 2.75) is 12.6 Å². The number of aliphatic hydroxyl groups excluding tert-OH is 2. The van der Waals surface area contributed by atoms with Gasteiger partial charge < -0.3 is 15.5 Å². The number of thiophene rings is 1. The molecule has 1 aromatic heterocycles. The number of nitrogens with one attached hydrogen (secondary N) is 1. The largest absolute Gasteiger partial charge is 0.394 e. The van der Waals surface area contributed by atoms with E-state index in [9.17, 15) is 0 Å². The molecule has 0 bridgehead atoms. The Kier molecular flexibility index (Phi) is 5.58. The van der Waals surface area contributed by atoms with Crippen molar-refractivity contribution in [3.05, 3.63) is 19.2 Å². The number of hydrogen-bond acceptors (Lipinski definition) is 4. The van der Waals surface area contributed by atoms with Gasteiger partial charge in [0.05, 0.1) is 16.5 Å². The maximum Gasteiger partial charge on any atom is 0.0895 e. The summed E-state index contributed by atoms with van der Waals surface area (Å²) in [6, 6.07) is 1.99. The molecule has 0 aliphatic carbocycles. The zero-order valence-corrected chi connectivity index (χ0v) is 11.3. The molecule has 14 heavy (non-hydrogen) atoms. The van der Waals surface area contributed by atoms with Gasteiger partial charge in [-0.1, -0.05) is 0 Å². The van der Waals surface area contributed by atoms with E-state index in [-0.39, 0.29) is 6.61 Å². The lowest BCUT2D eigenvalue weighted by molar-refractivity contribution is 0.0943. The zero-order chi connectivity index (χ0) is 10.6. The molecule has 0 saturated carbocycles. The molecule has 0 saturated heterocycles. The van der Waals surface area contributed by atoms with Crippen LogP contribution in [0.5, 0.6) is 0 Å². The number of rotatable bonds is 5. The van der Waals surface area contributed by atoms with Crippen LogP contribution in [-0.2, 0) is 6.54 Å². The average Bonchev–Trinajstić information content (AvgIpc) is 2.45. The lowest BCUT2D eigenvalue weighted by Crippen LogP contribution is -2.28. The predicted octanol–water partition coefficient (Wildman–Crippen LogP) is 1.72. The van der Waals surface area contributed by atoms with Crippen molar-refractivity contribution in [1.29, 1.82) is 0 Å². The van der Waals surface area contributed by atoms with Crippen LogP contribution >= 0.6 is 43.2 Å². The molecule has 80 valence electrons. The van der Waals surface area contributed by atoms with E-state index in [1.807, 2.05) is 6.07 Å². The van der Waals surface area contributed by atoms with Crippen LogP contribution in [0.15, 0.2) is 14.3 Å². The molecular weight excluding hydrogens is 334 g/mol. The first kappa shape index (κ1) is 12.6. The summed E-state index contributed by atoms with van der Waals surface area (Å²) in [5.41, 5.74) is 0. The lowest BCUT2D eigenvalue weighted by atomic mass is 10.3. The van der Waals surface area contributed by atoms with Crippen molar-refractivity contribution in [3.8, 4) is 0 Å². The predicted molar refractivity (Wildman–Crippen MR) is 64.5 cm³/mol. The lowest BCUT2D eigenvalue weighted by Gasteiger charge is -2.07. The molecule has 3 N–H and O–H groups in total. The van der Waals surface area contributed by atoms with Gasteiger partial charge in [0.25, 0.3) is 0 Å². The Labute approximate surface area is 103 Å². The van der Waals surface area contributed by atoms with Gasteiger partial charge in [-0.3, -0.25) is 0 Å². The minimum atomic E-state index is -0.683. The summed E-state index contributed by atoms with van der Waals surface area (Å²) in [6.07, 6.45) is -0.683. The van der Waals surface area contributed by atoms with Gasteiger partial charge in [0.1, 0.15) is 0 Å². The van der Waals surface area contributed by atoms with Gasteiger partial charge in [-0.05, 0) is 37.9 Å². The fourth-order valence-electron chi connectivity index (χ4n) is 0.913. The van der Waals surface area contributed by atoms with E-state index in [0.29, 0.717) is 13.1 Å². The summed E-state index contributed by atoms with van der Waals surface area (Å²) in [5.74, 6) is 0. The van der Waals surface area contributed by atoms with E-state index in [4.69, 9.17) is 10.2 Å². The Morgan fingerprint density at radius 1 is 1.50 bits per heavy atom. The van der Waals surface area contributed by atoms with E-state index in [0.717, 1.165) is 8.26 Å². The van der Waals surface area contributed by atoms with Gasteiger partial charge >= 0.3 is 0 Å². The van der Waals surface area contributed by atoms with E-state index in [2.05, 4.69) is 37.2 Å². The Morgan fingerprint density at radius 2 is 2.21 bits per heavy atom. The van der Waals surface area contributed by atoms with Gasteiger partial charge in [-0.25, -0.2) is 0 Å². The quantitative estimate of drug-likeness (QED) is 0.762. The molecule has 6 heteroatoms. The molecule has 0 amide bonds. The molecule has 1 rings (SSSR count). The van der Waals surface area contributed by atoms with Crippen molar-refractivity contribution in [1.82, 2.24) is 5.32 Å². The second kappa shape index (κ2) is 6.19. The van der Waals surface area contributed by atoms with Crippen LogP contribution in [0.25, 0.3) is 0 Å². The van der Waals surface area contributed by atoms with Crippen molar-refractivity contribution in [2.75, 3.05) is 13.2 Å². The van der Waals surface area contributed by atoms with E-state index < -0.39 is 6.10 Å². The SMILES string of the molecule is OCC(O)CNCc1sc(Br)cc1Br. The van der Waals surface area contributed by atoms with Crippen molar-refractivity contribution in [3.63, 3.8) is 0 Å². The van der Waals surface area contributed by atoms with Crippen LogP contribution < -0.4 is 5.32 Å². The summed E-state index contributed by atoms with van der Waals surface area (Å²) >= 11 is 8.46. The van der Waals surface area contributed by atoms with Gasteiger partial charge in [0.2, 0.25) is 0 Å². The van der Waals surface area contributed by atoms with Gasteiger partial charge in [0, 0.05) is 22.4 Å². The van der Waals surface area contributed by atoms with Crippen molar-refractivity contribution >= 4 is 43.2 Å². The smallest absolute Gasteiger partial charge is 0.0895 e. The normalized spacial score (nSPS) is 13.1. The standard InChI is InChI=1S/C8H11Br2NO2S/c9-6-1-8(10)14-7(6)3-11-2-5(13)4-12/h1,5,11-13H,2-4H2. The zero-order valence-electron chi connectivity index (χ0n) is 7.33. The molecule has 1 atom stereocenters. The Balaban J connectivity index is 2.34. The van der Waals surface area contributed by atoms with Crippen LogP contribution in [0.3, 0.4) is 0 Å². The minimum absolute atomic E-state index is 0.206. The first-order valence-electron chi connectivity index (χ1n) is 4.07. The van der Waals surface area contributed by atoms with Crippen LogP contribution in [0.4, 0.5) is 0 Å². The van der Waals surface area contributed by atoms with E-state index in [1.165, 1.54) is 4.88 Å².